The standard InChI is InChI=1S/C37H50F3NO6Si/c1-22(42)45-33-31-27(26(21-35(33,5)6)47-48(7,8)34(2,3)4)29-28(30(41-31)23-13-17-43-18-14-23)32(46-36(29)15-19-44-20-16-36)24-9-11-25(12-10-24)37(38,39)40/h9-12,23,26,32-33H,13-21H2,1-8H3/t26-,32+,33-/m0/s1. The van der Waals surface area contributed by atoms with Gasteiger partial charge >= 0.3 is 12.1 Å². The predicted octanol–water partition coefficient (Wildman–Crippen LogP) is 9.22. The van der Waals surface area contributed by atoms with Crippen LogP contribution in [0.3, 0.4) is 0 Å². The van der Waals surface area contributed by atoms with Gasteiger partial charge in [-0.3, -0.25) is 9.78 Å². The molecule has 4 heterocycles. The Balaban J connectivity index is 1.66. The predicted molar refractivity (Wildman–Crippen MR) is 177 cm³/mol. The number of hydrogen-bond acceptors (Lipinski definition) is 7. The minimum Gasteiger partial charge on any atom is -0.455 e. The van der Waals surface area contributed by atoms with Crippen molar-refractivity contribution in [3.8, 4) is 0 Å². The number of carbonyl (C=O) groups excluding carboxylic acids is 1. The second kappa shape index (κ2) is 12.5. The summed E-state index contributed by atoms with van der Waals surface area (Å²) in [7, 11) is -2.35. The van der Waals surface area contributed by atoms with Gasteiger partial charge in [-0.05, 0) is 60.7 Å². The van der Waals surface area contributed by atoms with Crippen molar-refractivity contribution in [3.05, 3.63) is 63.5 Å². The molecule has 2 fully saturated rings. The number of alkyl halides is 3. The topological polar surface area (TPSA) is 76.1 Å². The van der Waals surface area contributed by atoms with E-state index >= 15 is 0 Å². The van der Waals surface area contributed by atoms with Gasteiger partial charge in [-0.1, -0.05) is 46.8 Å². The first-order chi connectivity index (χ1) is 22.3. The lowest BCUT2D eigenvalue weighted by Crippen LogP contribution is -2.46. The summed E-state index contributed by atoms with van der Waals surface area (Å²) in [5, 5.41) is -0.0711. The van der Waals surface area contributed by atoms with Crippen molar-refractivity contribution in [3.63, 3.8) is 0 Å². The van der Waals surface area contributed by atoms with E-state index < -0.39 is 43.3 Å². The summed E-state index contributed by atoms with van der Waals surface area (Å²) in [6.45, 7) is 18.9. The number of ether oxygens (including phenoxy) is 4. The van der Waals surface area contributed by atoms with Crippen molar-refractivity contribution in [2.45, 2.75) is 128 Å². The molecule has 0 unspecified atom stereocenters. The van der Waals surface area contributed by atoms with Gasteiger partial charge in [0, 0.05) is 68.7 Å². The van der Waals surface area contributed by atoms with E-state index in [4.69, 9.17) is 28.4 Å². The van der Waals surface area contributed by atoms with Crippen LogP contribution < -0.4 is 0 Å². The summed E-state index contributed by atoms with van der Waals surface area (Å²) in [4.78, 5) is 18.2. The molecule has 0 amide bonds. The third-order valence-electron chi connectivity index (χ3n) is 11.4. The summed E-state index contributed by atoms with van der Waals surface area (Å²) in [6.07, 6.45) is -2.78. The first-order valence-corrected chi connectivity index (χ1v) is 20.2. The Hall–Kier alpha value is -2.31. The monoisotopic (exact) mass is 689 g/mol. The van der Waals surface area contributed by atoms with Crippen LogP contribution in [0, 0.1) is 5.41 Å². The Morgan fingerprint density at radius 2 is 1.54 bits per heavy atom. The number of halogens is 3. The molecule has 48 heavy (non-hydrogen) atoms. The number of nitrogens with zero attached hydrogens (tertiary/aromatic N) is 1. The zero-order valence-corrected chi connectivity index (χ0v) is 30.5. The Morgan fingerprint density at radius 1 is 0.938 bits per heavy atom. The van der Waals surface area contributed by atoms with Crippen LogP contribution in [0.4, 0.5) is 13.2 Å². The van der Waals surface area contributed by atoms with Crippen LogP contribution in [-0.2, 0) is 39.9 Å². The van der Waals surface area contributed by atoms with Gasteiger partial charge in [-0.15, -0.1) is 0 Å². The highest BCUT2D eigenvalue weighted by atomic mass is 28.4. The second-order valence-corrected chi connectivity index (χ2v) is 21.0. The fourth-order valence-corrected chi connectivity index (χ4v) is 9.05. The Kier molecular flexibility index (Phi) is 9.23. The third kappa shape index (κ3) is 6.38. The summed E-state index contributed by atoms with van der Waals surface area (Å²) in [5.41, 5.74) is 3.12. The lowest BCUT2D eigenvalue weighted by atomic mass is 9.68. The number of esters is 1. The average Bonchev–Trinajstić information content (AvgIpc) is 3.32. The molecule has 3 atom stereocenters. The van der Waals surface area contributed by atoms with Crippen LogP contribution in [0.15, 0.2) is 24.3 Å². The molecule has 0 saturated carbocycles. The van der Waals surface area contributed by atoms with Crippen LogP contribution in [0.25, 0.3) is 0 Å². The fourth-order valence-electron chi connectivity index (χ4n) is 7.78. The van der Waals surface area contributed by atoms with Crippen LogP contribution in [0.1, 0.15) is 137 Å². The van der Waals surface area contributed by atoms with Crippen molar-refractivity contribution in [2.24, 2.45) is 5.41 Å². The van der Waals surface area contributed by atoms with Crippen molar-refractivity contribution in [2.75, 3.05) is 26.4 Å². The minimum absolute atomic E-state index is 0.0381. The van der Waals surface area contributed by atoms with Crippen LogP contribution in [0.5, 0.6) is 0 Å². The van der Waals surface area contributed by atoms with Gasteiger partial charge < -0.3 is 23.4 Å². The molecule has 7 nitrogen and oxygen atoms in total. The Bertz CT molecular complexity index is 1520. The van der Waals surface area contributed by atoms with E-state index in [1.807, 2.05) is 0 Å². The number of hydrogen-bond donors (Lipinski definition) is 0. The minimum atomic E-state index is -4.45. The van der Waals surface area contributed by atoms with Gasteiger partial charge in [-0.25, -0.2) is 0 Å². The maximum Gasteiger partial charge on any atom is 0.416 e. The summed E-state index contributed by atoms with van der Waals surface area (Å²) < 4.78 is 73.3. The Labute approximate surface area is 283 Å². The third-order valence-corrected chi connectivity index (χ3v) is 15.8. The number of benzene rings is 1. The van der Waals surface area contributed by atoms with E-state index in [9.17, 15) is 18.0 Å². The second-order valence-electron chi connectivity index (χ2n) is 16.2. The average molecular weight is 690 g/mol. The molecule has 2 saturated heterocycles. The Morgan fingerprint density at radius 3 is 2.10 bits per heavy atom. The highest BCUT2D eigenvalue weighted by molar-refractivity contribution is 6.74. The fraction of sp³-hybridized carbons (Fsp3) is 0.676. The van der Waals surface area contributed by atoms with Gasteiger partial charge in [0.25, 0.3) is 0 Å². The van der Waals surface area contributed by atoms with E-state index in [-0.39, 0.29) is 23.0 Å². The van der Waals surface area contributed by atoms with Gasteiger partial charge in [-0.2, -0.15) is 13.2 Å². The molecule has 1 aromatic heterocycles. The van der Waals surface area contributed by atoms with Crippen LogP contribution >= 0.6 is 0 Å². The quantitative estimate of drug-likeness (QED) is 0.229. The molecule has 2 aromatic rings. The normalized spacial score (nSPS) is 25.9. The highest BCUT2D eigenvalue weighted by Gasteiger charge is 2.56. The smallest absolute Gasteiger partial charge is 0.416 e. The zero-order chi connectivity index (χ0) is 34.9. The molecule has 1 aromatic carbocycles. The SMILES string of the molecule is CC(=O)O[C@H]1c2nc(C3CCOCC3)c3c(c2[C@@H](O[Si](C)(C)C(C)(C)C)CC1(C)C)C1(CCOCC1)O[C@@H]3c1ccc(C(F)(F)F)cc1. The first-order valence-electron chi connectivity index (χ1n) is 17.3. The van der Waals surface area contributed by atoms with Crippen molar-refractivity contribution in [1.29, 1.82) is 0 Å². The maximum absolute atomic E-state index is 13.7. The summed E-state index contributed by atoms with van der Waals surface area (Å²) in [5.74, 6) is -0.339. The number of aromatic nitrogens is 1. The lowest BCUT2D eigenvalue weighted by molar-refractivity contribution is -0.156. The lowest BCUT2D eigenvalue weighted by Gasteiger charge is -2.48. The number of carbonyl (C=O) groups is 1. The molecule has 11 heteroatoms. The van der Waals surface area contributed by atoms with E-state index in [0.717, 1.165) is 47.4 Å². The first kappa shape index (κ1) is 35.5. The number of fused-ring (bicyclic) bond motifs is 4. The van der Waals surface area contributed by atoms with Crippen LogP contribution in [-0.4, -0.2) is 45.7 Å². The van der Waals surface area contributed by atoms with Crippen molar-refractivity contribution >= 4 is 14.3 Å². The molecule has 264 valence electrons. The summed E-state index contributed by atoms with van der Waals surface area (Å²) in [6, 6.07) is 5.35. The van der Waals surface area contributed by atoms with Gasteiger partial charge in [0.2, 0.25) is 0 Å². The number of pyridine rings is 1. The molecule has 1 spiro atoms. The molecule has 1 aliphatic carbocycles. The number of rotatable bonds is 5. The molecule has 0 N–H and O–H groups in total. The van der Waals surface area contributed by atoms with Crippen LogP contribution in [0.2, 0.25) is 18.1 Å². The molecule has 0 bridgehead atoms. The molecule has 3 aliphatic heterocycles. The molecule has 4 aliphatic rings. The van der Waals surface area contributed by atoms with Crippen molar-refractivity contribution in [1.82, 2.24) is 4.98 Å². The molecular formula is C37H50F3NO6Si. The largest absolute Gasteiger partial charge is 0.455 e. The van der Waals surface area contributed by atoms with Gasteiger partial charge in [0.1, 0.15) is 12.2 Å². The van der Waals surface area contributed by atoms with E-state index in [1.165, 1.54) is 19.1 Å². The zero-order valence-electron chi connectivity index (χ0n) is 29.5. The molecule has 6 rings (SSSR count). The molecule has 0 radical (unpaired) electrons. The molecular weight excluding hydrogens is 639 g/mol. The van der Waals surface area contributed by atoms with E-state index in [2.05, 4.69) is 47.7 Å². The maximum atomic E-state index is 13.7. The van der Waals surface area contributed by atoms with Gasteiger partial charge in [0.15, 0.2) is 8.32 Å². The highest BCUT2D eigenvalue weighted by Crippen LogP contribution is 2.61. The summed E-state index contributed by atoms with van der Waals surface area (Å²) >= 11 is 0. The van der Waals surface area contributed by atoms with Gasteiger partial charge in [0.05, 0.1) is 28.7 Å². The van der Waals surface area contributed by atoms with E-state index in [0.29, 0.717) is 56.9 Å². The van der Waals surface area contributed by atoms with E-state index in [1.54, 1.807) is 0 Å². The van der Waals surface area contributed by atoms with Crippen molar-refractivity contribution < 1.29 is 41.3 Å².